The smallest absolute Gasteiger partial charge is 0.233 e. The molecule has 0 aliphatic rings. The Kier molecular flexibility index (Phi) is 4.98. The number of amides is 2. The Morgan fingerprint density at radius 3 is 2.67 bits per heavy atom. The van der Waals surface area contributed by atoms with Gasteiger partial charge in [-0.1, -0.05) is 12.1 Å². The summed E-state index contributed by atoms with van der Waals surface area (Å²) < 4.78 is 10.2. The molecular formula is C15H16N2O4. The van der Waals surface area contributed by atoms with Gasteiger partial charge in [-0.25, -0.2) is 0 Å². The Labute approximate surface area is 122 Å². The van der Waals surface area contributed by atoms with Crippen LogP contribution in [-0.4, -0.2) is 18.9 Å². The molecule has 0 unspecified atom stereocenters. The van der Waals surface area contributed by atoms with Gasteiger partial charge in [0.2, 0.25) is 11.8 Å². The number of rotatable bonds is 6. The van der Waals surface area contributed by atoms with Crippen LogP contribution in [0.2, 0.25) is 0 Å². The van der Waals surface area contributed by atoms with Crippen LogP contribution in [0.1, 0.15) is 12.2 Å². The zero-order valence-electron chi connectivity index (χ0n) is 11.6. The molecule has 1 aromatic carbocycles. The van der Waals surface area contributed by atoms with E-state index in [-0.39, 0.29) is 18.9 Å². The van der Waals surface area contributed by atoms with E-state index >= 15 is 0 Å². The van der Waals surface area contributed by atoms with Gasteiger partial charge in [-0.3, -0.25) is 9.59 Å². The summed E-state index contributed by atoms with van der Waals surface area (Å²) in [4.78, 5) is 23.4. The van der Waals surface area contributed by atoms with E-state index in [0.717, 1.165) is 0 Å². The highest BCUT2D eigenvalue weighted by molar-refractivity contribution is 6.04. The van der Waals surface area contributed by atoms with Crippen molar-refractivity contribution in [2.24, 2.45) is 0 Å². The number of methoxy groups -OCH3 is 1. The molecule has 0 aliphatic carbocycles. The molecule has 0 aliphatic heterocycles. The van der Waals surface area contributed by atoms with Gasteiger partial charge < -0.3 is 19.8 Å². The van der Waals surface area contributed by atoms with Gasteiger partial charge in [0.05, 0.1) is 25.6 Å². The average Bonchev–Trinajstić information content (AvgIpc) is 2.99. The SMILES string of the molecule is COc1ccccc1NC(=O)CC(=O)NCc1ccco1. The van der Waals surface area contributed by atoms with Gasteiger partial charge >= 0.3 is 0 Å². The monoisotopic (exact) mass is 288 g/mol. The minimum Gasteiger partial charge on any atom is -0.495 e. The molecule has 0 radical (unpaired) electrons. The number of hydrogen-bond donors (Lipinski definition) is 2. The van der Waals surface area contributed by atoms with Crippen LogP contribution in [0.5, 0.6) is 5.75 Å². The zero-order chi connectivity index (χ0) is 15.1. The number of furan rings is 1. The highest BCUT2D eigenvalue weighted by Gasteiger charge is 2.11. The zero-order valence-corrected chi connectivity index (χ0v) is 11.6. The summed E-state index contributed by atoms with van der Waals surface area (Å²) in [5.74, 6) is 0.394. The first kappa shape index (κ1) is 14.6. The van der Waals surface area contributed by atoms with Crippen LogP contribution in [0.4, 0.5) is 5.69 Å². The highest BCUT2D eigenvalue weighted by atomic mass is 16.5. The number of hydrogen-bond acceptors (Lipinski definition) is 4. The molecule has 0 bridgehead atoms. The number of carbonyl (C=O) groups is 2. The van der Waals surface area contributed by atoms with Gasteiger partial charge in [-0.2, -0.15) is 0 Å². The molecule has 2 N–H and O–H groups in total. The molecule has 0 fully saturated rings. The lowest BCUT2D eigenvalue weighted by atomic mass is 10.2. The number of carbonyl (C=O) groups excluding carboxylic acids is 2. The fourth-order valence-corrected chi connectivity index (χ4v) is 1.75. The molecule has 1 aromatic heterocycles. The maximum atomic E-state index is 11.8. The summed E-state index contributed by atoms with van der Waals surface area (Å²) >= 11 is 0. The second-order valence-corrected chi connectivity index (χ2v) is 4.28. The molecule has 0 saturated heterocycles. The van der Waals surface area contributed by atoms with E-state index in [0.29, 0.717) is 17.2 Å². The third kappa shape index (κ3) is 4.38. The second-order valence-electron chi connectivity index (χ2n) is 4.28. The number of anilines is 1. The molecule has 21 heavy (non-hydrogen) atoms. The van der Waals surface area contributed by atoms with Crippen LogP contribution in [0, 0.1) is 0 Å². The molecule has 6 heteroatoms. The van der Waals surface area contributed by atoms with E-state index in [1.165, 1.54) is 13.4 Å². The van der Waals surface area contributed by atoms with Crippen molar-refractivity contribution in [3.63, 3.8) is 0 Å². The molecule has 110 valence electrons. The van der Waals surface area contributed by atoms with Crippen LogP contribution >= 0.6 is 0 Å². The minimum atomic E-state index is -0.406. The van der Waals surface area contributed by atoms with Crippen LogP contribution in [0.15, 0.2) is 47.1 Å². The Morgan fingerprint density at radius 1 is 1.14 bits per heavy atom. The molecule has 1 heterocycles. The molecule has 0 saturated carbocycles. The van der Waals surface area contributed by atoms with Crippen LogP contribution < -0.4 is 15.4 Å². The quantitative estimate of drug-likeness (QED) is 0.796. The van der Waals surface area contributed by atoms with Gasteiger partial charge in [0.15, 0.2) is 0 Å². The van der Waals surface area contributed by atoms with Gasteiger partial charge in [0, 0.05) is 0 Å². The lowest BCUT2D eigenvalue weighted by Crippen LogP contribution is -2.27. The number of nitrogens with one attached hydrogen (secondary N) is 2. The van der Waals surface area contributed by atoms with Crippen molar-refractivity contribution in [1.29, 1.82) is 0 Å². The normalized spacial score (nSPS) is 9.95. The molecule has 2 rings (SSSR count). The molecule has 2 amide bonds. The van der Waals surface area contributed by atoms with E-state index in [2.05, 4.69) is 10.6 Å². The summed E-state index contributed by atoms with van der Waals surface area (Å²) in [6.45, 7) is 0.258. The Bertz CT molecular complexity index is 608. The van der Waals surface area contributed by atoms with Crippen molar-refractivity contribution >= 4 is 17.5 Å². The van der Waals surface area contributed by atoms with Gasteiger partial charge in [-0.15, -0.1) is 0 Å². The first-order valence-electron chi connectivity index (χ1n) is 6.41. The van der Waals surface area contributed by atoms with Crippen LogP contribution in [0.3, 0.4) is 0 Å². The number of ether oxygens (including phenoxy) is 1. The third-order valence-electron chi connectivity index (χ3n) is 2.74. The first-order valence-corrected chi connectivity index (χ1v) is 6.41. The summed E-state index contributed by atoms with van der Waals surface area (Å²) in [6.07, 6.45) is 1.26. The van der Waals surface area contributed by atoms with Crippen molar-refractivity contribution in [1.82, 2.24) is 5.32 Å². The van der Waals surface area contributed by atoms with E-state index < -0.39 is 5.91 Å². The third-order valence-corrected chi connectivity index (χ3v) is 2.74. The Balaban J connectivity index is 1.82. The summed E-state index contributed by atoms with van der Waals surface area (Å²) in [5, 5.41) is 5.24. The van der Waals surface area contributed by atoms with Crippen LogP contribution in [0.25, 0.3) is 0 Å². The molecule has 2 aromatic rings. The topological polar surface area (TPSA) is 80.6 Å². The predicted octanol–water partition coefficient (Wildman–Crippen LogP) is 1.93. The van der Waals surface area contributed by atoms with E-state index in [9.17, 15) is 9.59 Å². The predicted molar refractivity (Wildman–Crippen MR) is 76.8 cm³/mol. The summed E-state index contributed by atoms with van der Waals surface area (Å²) in [6, 6.07) is 10.5. The average molecular weight is 288 g/mol. The van der Waals surface area contributed by atoms with Crippen molar-refractivity contribution in [3.05, 3.63) is 48.4 Å². The maximum Gasteiger partial charge on any atom is 0.233 e. The lowest BCUT2D eigenvalue weighted by Gasteiger charge is -2.09. The van der Waals surface area contributed by atoms with E-state index in [1.54, 1.807) is 36.4 Å². The number of benzene rings is 1. The summed E-state index contributed by atoms with van der Waals surface area (Å²) in [5.41, 5.74) is 0.531. The highest BCUT2D eigenvalue weighted by Crippen LogP contribution is 2.22. The Hall–Kier alpha value is -2.76. The molecule has 0 spiro atoms. The van der Waals surface area contributed by atoms with Gasteiger partial charge in [-0.05, 0) is 24.3 Å². The van der Waals surface area contributed by atoms with E-state index in [1.807, 2.05) is 0 Å². The van der Waals surface area contributed by atoms with E-state index in [4.69, 9.17) is 9.15 Å². The van der Waals surface area contributed by atoms with Gasteiger partial charge in [0.1, 0.15) is 17.9 Å². The maximum absolute atomic E-state index is 11.8. The number of para-hydroxylation sites is 2. The molecular weight excluding hydrogens is 272 g/mol. The first-order chi connectivity index (χ1) is 10.2. The second kappa shape index (κ2) is 7.14. The minimum absolute atomic E-state index is 0.258. The standard InChI is InChI=1S/C15H16N2O4/c1-20-13-7-3-2-6-12(13)17-15(19)9-14(18)16-10-11-5-4-8-21-11/h2-8H,9-10H2,1H3,(H,16,18)(H,17,19). The fraction of sp³-hybridized carbons (Fsp3) is 0.200. The largest absolute Gasteiger partial charge is 0.495 e. The van der Waals surface area contributed by atoms with Crippen molar-refractivity contribution in [2.75, 3.05) is 12.4 Å². The van der Waals surface area contributed by atoms with Crippen LogP contribution in [-0.2, 0) is 16.1 Å². The van der Waals surface area contributed by atoms with Crippen molar-refractivity contribution < 1.29 is 18.7 Å². The van der Waals surface area contributed by atoms with Crippen molar-refractivity contribution in [3.8, 4) is 5.75 Å². The van der Waals surface area contributed by atoms with Gasteiger partial charge in [0.25, 0.3) is 0 Å². The molecule has 0 atom stereocenters. The molecule has 6 nitrogen and oxygen atoms in total. The lowest BCUT2D eigenvalue weighted by molar-refractivity contribution is -0.127. The Morgan fingerprint density at radius 2 is 1.95 bits per heavy atom. The fourth-order valence-electron chi connectivity index (χ4n) is 1.75. The summed E-state index contributed by atoms with van der Waals surface area (Å²) in [7, 11) is 1.51. The van der Waals surface area contributed by atoms with Crippen molar-refractivity contribution in [2.45, 2.75) is 13.0 Å².